The summed E-state index contributed by atoms with van der Waals surface area (Å²) >= 11 is 0. The van der Waals surface area contributed by atoms with Crippen LogP contribution in [0.25, 0.3) is 0 Å². The number of guanidine groups is 1. The Morgan fingerprint density at radius 2 is 2.24 bits per heavy atom. The molecule has 0 bridgehead atoms. The van der Waals surface area contributed by atoms with Gasteiger partial charge in [-0.05, 0) is 13.8 Å². The predicted molar refractivity (Wildman–Crippen MR) is 83.0 cm³/mol. The fourth-order valence-electron chi connectivity index (χ4n) is 2.37. The van der Waals surface area contributed by atoms with Gasteiger partial charge in [0.2, 0.25) is 0 Å². The van der Waals surface area contributed by atoms with Gasteiger partial charge in [-0.25, -0.2) is 13.4 Å². The van der Waals surface area contributed by atoms with Crippen LogP contribution in [0.2, 0.25) is 0 Å². The average molecular weight is 313 g/mol. The van der Waals surface area contributed by atoms with Gasteiger partial charge in [-0.15, -0.1) is 0 Å². The lowest BCUT2D eigenvalue weighted by Gasteiger charge is -2.39. The van der Waals surface area contributed by atoms with Crippen molar-refractivity contribution < 1.29 is 8.42 Å². The number of nitrogens with one attached hydrogen (secondary N) is 1. The molecule has 0 spiro atoms. The van der Waals surface area contributed by atoms with Gasteiger partial charge >= 0.3 is 0 Å². The Morgan fingerprint density at radius 3 is 2.81 bits per heavy atom. The van der Waals surface area contributed by atoms with Crippen molar-refractivity contribution in [2.75, 3.05) is 32.4 Å². The maximum absolute atomic E-state index is 12.0. The number of nitrogens with zero attached hydrogens (tertiary/aromatic N) is 4. The Hall–Kier alpha value is -1.57. The van der Waals surface area contributed by atoms with E-state index in [4.69, 9.17) is 0 Å². The number of hydrogen-bond acceptors (Lipinski definition) is 4. The third kappa shape index (κ3) is 3.55. The average Bonchev–Trinajstić information content (AvgIpc) is 2.91. The molecule has 1 aromatic heterocycles. The number of aliphatic imine (C=N–C) groups is 1. The fraction of sp³-hybridized carbons (Fsp3) is 0.692. The molecule has 2 heterocycles. The fourth-order valence-corrected chi connectivity index (χ4v) is 3.74. The third-order valence-electron chi connectivity index (χ3n) is 3.77. The lowest BCUT2D eigenvalue weighted by molar-refractivity contribution is 0.353. The molecule has 7 nitrogen and oxygen atoms in total. The molecule has 0 atom stereocenters. The van der Waals surface area contributed by atoms with Crippen molar-refractivity contribution in [1.82, 2.24) is 19.8 Å². The van der Waals surface area contributed by atoms with Crippen LogP contribution in [0.15, 0.2) is 23.7 Å². The van der Waals surface area contributed by atoms with Gasteiger partial charge in [-0.3, -0.25) is 4.99 Å². The van der Waals surface area contributed by atoms with E-state index >= 15 is 0 Å². The molecule has 1 aliphatic rings. The van der Waals surface area contributed by atoms with E-state index in [0.29, 0.717) is 19.6 Å². The van der Waals surface area contributed by atoms with Crippen molar-refractivity contribution >= 4 is 15.8 Å². The molecule has 1 aliphatic heterocycles. The molecule has 0 unspecified atom stereocenters. The van der Waals surface area contributed by atoms with E-state index < -0.39 is 14.6 Å². The zero-order chi connectivity index (χ0) is 15.5. The van der Waals surface area contributed by atoms with Gasteiger partial charge in [-0.1, -0.05) is 0 Å². The highest BCUT2D eigenvalue weighted by Crippen LogP contribution is 2.23. The summed E-state index contributed by atoms with van der Waals surface area (Å²) in [5.41, 5.74) is 0. The first-order valence-electron chi connectivity index (χ1n) is 6.99. The maximum atomic E-state index is 12.0. The van der Waals surface area contributed by atoms with Crippen molar-refractivity contribution in [2.45, 2.75) is 25.1 Å². The highest BCUT2D eigenvalue weighted by atomic mass is 32.2. The van der Waals surface area contributed by atoms with E-state index in [1.165, 1.54) is 0 Å². The Morgan fingerprint density at radius 1 is 1.48 bits per heavy atom. The second-order valence-corrected chi connectivity index (χ2v) is 8.52. The molecule has 1 N–H and O–H groups in total. The smallest absolute Gasteiger partial charge is 0.193 e. The Labute approximate surface area is 126 Å². The number of rotatable bonds is 3. The molecule has 0 aliphatic carbocycles. The van der Waals surface area contributed by atoms with Crippen LogP contribution in [0.4, 0.5) is 0 Å². The largest absolute Gasteiger partial charge is 0.354 e. The van der Waals surface area contributed by atoms with Gasteiger partial charge in [0.1, 0.15) is 0 Å². The lowest BCUT2D eigenvalue weighted by Crippen LogP contribution is -2.57. The summed E-state index contributed by atoms with van der Waals surface area (Å²) in [6.07, 6.45) is 5.41. The summed E-state index contributed by atoms with van der Waals surface area (Å²) in [4.78, 5) is 10.3. The highest BCUT2D eigenvalue weighted by Gasteiger charge is 2.40. The minimum atomic E-state index is -3.03. The number of imidazole rings is 1. The lowest BCUT2D eigenvalue weighted by atomic mass is 10.2. The molecule has 21 heavy (non-hydrogen) atoms. The maximum Gasteiger partial charge on any atom is 0.193 e. The van der Waals surface area contributed by atoms with Crippen molar-refractivity contribution in [1.29, 1.82) is 0 Å². The summed E-state index contributed by atoms with van der Waals surface area (Å²) in [5.74, 6) is 0.917. The zero-order valence-electron chi connectivity index (χ0n) is 12.8. The number of aromatic nitrogens is 2. The second-order valence-electron chi connectivity index (χ2n) is 5.77. The third-order valence-corrected chi connectivity index (χ3v) is 6.30. The van der Waals surface area contributed by atoms with E-state index in [-0.39, 0.29) is 5.75 Å². The van der Waals surface area contributed by atoms with Gasteiger partial charge < -0.3 is 14.8 Å². The molecule has 0 aromatic carbocycles. The molecular formula is C13H23N5O2S. The molecule has 1 fully saturated rings. The van der Waals surface area contributed by atoms with E-state index in [0.717, 1.165) is 12.5 Å². The predicted octanol–water partition coefficient (Wildman–Crippen LogP) is -0.0325. The van der Waals surface area contributed by atoms with Crippen LogP contribution in [0, 0.1) is 0 Å². The quantitative estimate of drug-likeness (QED) is 0.626. The number of hydrogen-bond donors (Lipinski definition) is 1. The topological polar surface area (TPSA) is 79.6 Å². The highest BCUT2D eigenvalue weighted by molar-refractivity contribution is 7.92. The minimum absolute atomic E-state index is 0.169. The molecule has 1 aromatic rings. The van der Waals surface area contributed by atoms with Gasteiger partial charge in [0, 0.05) is 45.6 Å². The van der Waals surface area contributed by atoms with Gasteiger partial charge in [-0.2, -0.15) is 0 Å². The van der Waals surface area contributed by atoms with E-state index in [9.17, 15) is 8.42 Å². The van der Waals surface area contributed by atoms with Crippen LogP contribution in [-0.2, 0) is 16.4 Å². The summed E-state index contributed by atoms with van der Waals surface area (Å²) in [5, 5.41) is 3.28. The molecular weight excluding hydrogens is 290 g/mol. The first-order chi connectivity index (χ1) is 9.86. The van der Waals surface area contributed by atoms with Crippen LogP contribution in [-0.4, -0.2) is 66.0 Å². The van der Waals surface area contributed by atoms with E-state index in [1.54, 1.807) is 33.4 Å². The summed E-state index contributed by atoms with van der Waals surface area (Å²) < 4.78 is 25.3. The second kappa shape index (κ2) is 6.05. The monoisotopic (exact) mass is 313 g/mol. The van der Waals surface area contributed by atoms with Crippen LogP contribution in [0.3, 0.4) is 0 Å². The first kappa shape index (κ1) is 15.8. The van der Waals surface area contributed by atoms with Gasteiger partial charge in [0.05, 0.1) is 16.8 Å². The molecule has 8 heteroatoms. The van der Waals surface area contributed by atoms with Crippen molar-refractivity contribution in [3.05, 3.63) is 18.7 Å². The molecule has 0 radical (unpaired) electrons. The van der Waals surface area contributed by atoms with Crippen LogP contribution in [0.1, 0.15) is 13.8 Å². The van der Waals surface area contributed by atoms with Crippen molar-refractivity contribution in [3.8, 4) is 0 Å². The SMILES string of the molecule is CN=C(NCCn1ccnc1)N1CCS(=O)(=O)C(C)(C)C1. The Balaban J connectivity index is 1.93. The normalized spacial score (nSPS) is 21.3. The first-order valence-corrected chi connectivity index (χ1v) is 8.64. The van der Waals surface area contributed by atoms with Crippen molar-refractivity contribution in [3.63, 3.8) is 0 Å². The van der Waals surface area contributed by atoms with Gasteiger partial charge in [0.15, 0.2) is 15.8 Å². The molecule has 118 valence electrons. The zero-order valence-corrected chi connectivity index (χ0v) is 13.6. The van der Waals surface area contributed by atoms with Crippen LogP contribution in [0.5, 0.6) is 0 Å². The van der Waals surface area contributed by atoms with E-state index in [1.807, 2.05) is 15.7 Å². The van der Waals surface area contributed by atoms with Crippen molar-refractivity contribution in [2.24, 2.45) is 4.99 Å². The Kier molecular flexibility index (Phi) is 4.55. The standard InChI is InChI=1S/C13H23N5O2S/c1-13(2)10-18(8-9-21(13,19)20)12(14-3)16-5-7-17-6-4-15-11-17/h4,6,11H,5,7-10H2,1-3H3,(H,14,16). The van der Waals surface area contributed by atoms with Crippen LogP contribution < -0.4 is 5.32 Å². The summed E-state index contributed by atoms with van der Waals surface area (Å²) in [6, 6.07) is 0. The summed E-state index contributed by atoms with van der Waals surface area (Å²) in [6.45, 7) is 5.98. The molecule has 0 amide bonds. The Bertz CT molecular complexity index is 592. The summed E-state index contributed by atoms with van der Waals surface area (Å²) in [7, 11) is -1.31. The van der Waals surface area contributed by atoms with Gasteiger partial charge in [0.25, 0.3) is 0 Å². The van der Waals surface area contributed by atoms with E-state index in [2.05, 4.69) is 15.3 Å². The van der Waals surface area contributed by atoms with Crippen LogP contribution >= 0.6 is 0 Å². The molecule has 2 rings (SSSR count). The minimum Gasteiger partial charge on any atom is -0.354 e. The molecule has 0 saturated carbocycles. The molecule has 1 saturated heterocycles. The number of sulfone groups is 1.